The Morgan fingerprint density at radius 2 is 1.42 bits per heavy atom. The number of allylic oxidation sites excluding steroid dienone is 2. The number of imide groups is 1. The molecule has 6 atom stereocenters. The molecule has 8 rings (SSSR count). The number of carbonyl (C=O) groups is 5. The number of amides is 3. The van der Waals surface area contributed by atoms with Crippen LogP contribution in [-0.2, 0) is 9.59 Å². The topological polar surface area (TPSA) is 101 Å². The zero-order valence-corrected chi connectivity index (χ0v) is 24.9. The molecule has 1 saturated heterocycles. The summed E-state index contributed by atoms with van der Waals surface area (Å²) in [6.07, 6.45) is 5.10. The molecule has 5 aliphatic rings. The van der Waals surface area contributed by atoms with Gasteiger partial charge in [-0.15, -0.1) is 0 Å². The third kappa shape index (κ3) is 4.71. The maximum atomic E-state index is 13.9. The van der Waals surface area contributed by atoms with E-state index in [-0.39, 0.29) is 33.7 Å². The van der Waals surface area contributed by atoms with E-state index in [9.17, 15) is 24.0 Å². The maximum Gasteiger partial charge on any atom is 0.343 e. The normalized spacial score (nSPS) is 26.1. The average Bonchev–Trinajstić information content (AvgIpc) is 3.79. The van der Waals surface area contributed by atoms with E-state index < -0.39 is 47.9 Å². The van der Waals surface area contributed by atoms with E-state index in [1.165, 1.54) is 36.4 Å². The van der Waals surface area contributed by atoms with Gasteiger partial charge in [-0.2, -0.15) is 5.01 Å². The Balaban J connectivity index is 1.14. The highest BCUT2D eigenvalue weighted by Gasteiger charge is 2.68. The molecule has 0 aromatic heterocycles. The second kappa shape index (κ2) is 10.6. The van der Waals surface area contributed by atoms with Crippen LogP contribution >= 0.6 is 27.5 Å². The molecule has 3 aromatic rings. The predicted octanol–water partition coefficient (Wildman–Crippen LogP) is 5.61. The SMILES string of the molecule is O=C(CN(C(=O)c1ccccc1Cl)N1C(=O)[C@@H]2[C@H]3C=C[C@@H]([C@@H]4C[C@H]34)[C@H]2C1=O)c1ccc(OC(=O)c2ccc(Br)cc2)cc1. The predicted molar refractivity (Wildman–Crippen MR) is 159 cm³/mol. The minimum absolute atomic E-state index is 0.0397. The fourth-order valence-electron chi connectivity index (χ4n) is 6.87. The van der Waals surface area contributed by atoms with E-state index in [2.05, 4.69) is 15.9 Å². The third-order valence-electron chi connectivity index (χ3n) is 8.98. The second-order valence-corrected chi connectivity index (χ2v) is 12.7. The number of hydrogen-bond donors (Lipinski definition) is 0. The minimum atomic E-state index is -0.718. The van der Waals surface area contributed by atoms with Gasteiger partial charge in [-0.05, 0) is 90.8 Å². The molecule has 216 valence electrons. The van der Waals surface area contributed by atoms with Crippen molar-refractivity contribution in [2.24, 2.45) is 35.5 Å². The smallest absolute Gasteiger partial charge is 0.343 e. The molecule has 0 N–H and O–H groups in total. The summed E-state index contributed by atoms with van der Waals surface area (Å²) in [5, 5.41) is 1.98. The molecule has 3 aromatic carbocycles. The van der Waals surface area contributed by atoms with Crippen LogP contribution in [0.4, 0.5) is 0 Å². The number of ketones is 1. The number of benzene rings is 3. The molecule has 8 nitrogen and oxygen atoms in total. The molecule has 0 unspecified atom stereocenters. The summed E-state index contributed by atoms with van der Waals surface area (Å²) in [5.41, 5.74) is 0.644. The van der Waals surface area contributed by atoms with Crippen molar-refractivity contribution in [2.75, 3.05) is 6.54 Å². The highest BCUT2D eigenvalue weighted by atomic mass is 79.9. The summed E-state index contributed by atoms with van der Waals surface area (Å²) in [7, 11) is 0. The van der Waals surface area contributed by atoms with Gasteiger partial charge >= 0.3 is 5.97 Å². The summed E-state index contributed by atoms with van der Waals surface area (Å²) in [6.45, 7) is -0.561. The van der Waals surface area contributed by atoms with Gasteiger partial charge in [0.2, 0.25) is 0 Å². The molecule has 10 heteroatoms. The quantitative estimate of drug-likeness (QED) is 0.107. The number of hydrogen-bond acceptors (Lipinski definition) is 6. The van der Waals surface area contributed by atoms with Crippen molar-refractivity contribution in [1.29, 1.82) is 0 Å². The number of ether oxygens (including phenoxy) is 1. The monoisotopic (exact) mass is 658 g/mol. The van der Waals surface area contributed by atoms with E-state index in [0.717, 1.165) is 20.9 Å². The molecule has 43 heavy (non-hydrogen) atoms. The lowest BCUT2D eigenvalue weighted by Crippen LogP contribution is -2.52. The first-order chi connectivity index (χ1) is 20.7. The lowest BCUT2D eigenvalue weighted by molar-refractivity contribution is -0.154. The summed E-state index contributed by atoms with van der Waals surface area (Å²) in [5.74, 6) is -2.85. The van der Waals surface area contributed by atoms with E-state index in [1.54, 1.807) is 36.4 Å². The van der Waals surface area contributed by atoms with Crippen molar-refractivity contribution in [3.8, 4) is 5.75 Å². The first kappa shape index (κ1) is 27.7. The van der Waals surface area contributed by atoms with Gasteiger partial charge in [0.15, 0.2) is 5.78 Å². The van der Waals surface area contributed by atoms with Crippen LogP contribution in [0.5, 0.6) is 5.75 Å². The van der Waals surface area contributed by atoms with Crippen molar-refractivity contribution in [2.45, 2.75) is 6.42 Å². The van der Waals surface area contributed by atoms with E-state index in [4.69, 9.17) is 16.3 Å². The summed E-state index contributed by atoms with van der Waals surface area (Å²) in [6, 6.07) is 18.9. The number of hydrazine groups is 1. The minimum Gasteiger partial charge on any atom is -0.423 e. The molecule has 4 aliphatic carbocycles. The van der Waals surface area contributed by atoms with Gasteiger partial charge in [-0.25, -0.2) is 9.80 Å². The van der Waals surface area contributed by atoms with Crippen molar-refractivity contribution >= 4 is 57.0 Å². The lowest BCUT2D eigenvalue weighted by Gasteiger charge is -2.37. The standard InChI is InChI=1S/C33H24BrClN2O6/c34-19-9-5-18(6-10-19)33(42)43-20-11-7-17(8-12-20)27(38)16-36(30(39)23-3-1-2-4-26(23)35)37-31(40)28-21-13-14-22(25-15-24(21)25)29(28)32(37)41/h1-14,21-22,24-25,28-29H,15-16H2/t21-,22-,24-,25+,28+,29+/m0/s1. The largest absolute Gasteiger partial charge is 0.423 e. The van der Waals surface area contributed by atoms with Gasteiger partial charge in [0.05, 0.1) is 28.0 Å². The molecule has 0 spiro atoms. The van der Waals surface area contributed by atoms with Crippen molar-refractivity contribution in [1.82, 2.24) is 10.0 Å². The summed E-state index contributed by atoms with van der Waals surface area (Å²) < 4.78 is 6.24. The van der Waals surface area contributed by atoms with Crippen molar-refractivity contribution in [3.05, 3.63) is 111 Å². The Labute approximate surface area is 260 Å². The van der Waals surface area contributed by atoms with Crippen LogP contribution < -0.4 is 4.74 Å². The molecule has 3 fully saturated rings. The molecule has 2 saturated carbocycles. The third-order valence-corrected chi connectivity index (χ3v) is 9.84. The van der Waals surface area contributed by atoms with Crippen LogP contribution in [0.1, 0.15) is 37.5 Å². The maximum absolute atomic E-state index is 13.9. The van der Waals surface area contributed by atoms with Crippen LogP contribution in [0.2, 0.25) is 5.02 Å². The number of halogens is 2. The number of rotatable bonds is 7. The zero-order valence-electron chi connectivity index (χ0n) is 22.6. The Kier molecular flexibility index (Phi) is 6.82. The van der Waals surface area contributed by atoms with E-state index >= 15 is 0 Å². The Hall–Kier alpha value is -4.08. The highest BCUT2D eigenvalue weighted by molar-refractivity contribution is 9.10. The molecular formula is C33H24BrClN2O6. The molecule has 2 bridgehead atoms. The second-order valence-electron chi connectivity index (χ2n) is 11.3. The first-order valence-corrected chi connectivity index (χ1v) is 15.1. The van der Waals surface area contributed by atoms with Crippen LogP contribution in [0.15, 0.2) is 89.4 Å². The van der Waals surface area contributed by atoms with Gasteiger partial charge in [0.25, 0.3) is 17.7 Å². The summed E-state index contributed by atoms with van der Waals surface area (Å²) in [4.78, 5) is 67.6. The molecule has 1 aliphatic heterocycles. The van der Waals surface area contributed by atoms with Gasteiger partial charge in [0.1, 0.15) is 12.3 Å². The Bertz CT molecular complexity index is 1690. The van der Waals surface area contributed by atoms with Crippen LogP contribution in [0.25, 0.3) is 0 Å². The molecule has 0 radical (unpaired) electrons. The van der Waals surface area contributed by atoms with Gasteiger partial charge in [0, 0.05) is 10.0 Å². The Morgan fingerprint density at radius 3 is 2.02 bits per heavy atom. The number of Topliss-reactive ketones (excluding diaryl/α,β-unsaturated/α-hetero) is 1. The lowest BCUT2D eigenvalue weighted by atomic mass is 9.63. The summed E-state index contributed by atoms with van der Waals surface area (Å²) >= 11 is 9.66. The van der Waals surface area contributed by atoms with Gasteiger partial charge in [-0.1, -0.05) is 51.8 Å². The van der Waals surface area contributed by atoms with Crippen LogP contribution in [0.3, 0.4) is 0 Å². The van der Waals surface area contributed by atoms with Crippen molar-refractivity contribution < 1.29 is 28.7 Å². The first-order valence-electron chi connectivity index (χ1n) is 14.0. The number of nitrogens with zero attached hydrogens (tertiary/aromatic N) is 2. The Morgan fingerprint density at radius 1 is 0.837 bits per heavy atom. The van der Waals surface area contributed by atoms with Gasteiger partial charge < -0.3 is 4.74 Å². The fourth-order valence-corrected chi connectivity index (χ4v) is 7.36. The average molecular weight is 660 g/mol. The van der Waals surface area contributed by atoms with Crippen molar-refractivity contribution in [3.63, 3.8) is 0 Å². The van der Waals surface area contributed by atoms with E-state index in [1.807, 2.05) is 12.2 Å². The van der Waals surface area contributed by atoms with E-state index in [0.29, 0.717) is 17.4 Å². The van der Waals surface area contributed by atoms with Crippen LogP contribution in [-0.4, -0.2) is 46.0 Å². The number of carbonyl (C=O) groups excluding carboxylic acids is 5. The zero-order chi connectivity index (χ0) is 30.0. The molecule has 3 amide bonds. The number of esters is 1. The molecular weight excluding hydrogens is 636 g/mol. The molecule has 1 heterocycles. The fraction of sp³-hybridized carbons (Fsp3) is 0.242. The van der Waals surface area contributed by atoms with Gasteiger partial charge in [-0.3, -0.25) is 19.2 Å². The van der Waals surface area contributed by atoms with Crippen LogP contribution in [0, 0.1) is 35.5 Å². The highest BCUT2D eigenvalue weighted by Crippen LogP contribution is 2.65.